The van der Waals surface area contributed by atoms with Gasteiger partial charge in [0.2, 0.25) is 0 Å². The lowest BCUT2D eigenvalue weighted by atomic mass is 10.0. The molecule has 1 saturated heterocycles. The summed E-state index contributed by atoms with van der Waals surface area (Å²) >= 11 is 0. The Hall–Kier alpha value is -4.56. The third-order valence-electron chi connectivity index (χ3n) is 6.11. The Morgan fingerprint density at radius 1 is 1.14 bits per heavy atom. The molecule has 0 bridgehead atoms. The van der Waals surface area contributed by atoms with Crippen molar-refractivity contribution in [2.75, 3.05) is 32.2 Å². The van der Waals surface area contributed by atoms with Crippen LogP contribution in [0, 0.1) is 23.7 Å². The van der Waals surface area contributed by atoms with E-state index in [0.717, 1.165) is 41.6 Å². The summed E-state index contributed by atoms with van der Waals surface area (Å²) in [5, 5.41) is 3.80. The average Bonchev–Trinajstić information content (AvgIpc) is 3.30. The number of hydrogen-bond donors (Lipinski definition) is 3. The van der Waals surface area contributed by atoms with Gasteiger partial charge in [-0.1, -0.05) is 17.8 Å². The zero-order valence-electron chi connectivity index (χ0n) is 20.5. The molecule has 36 heavy (non-hydrogen) atoms. The van der Waals surface area contributed by atoms with Gasteiger partial charge >= 0.3 is 0 Å². The van der Waals surface area contributed by atoms with Gasteiger partial charge in [-0.25, -0.2) is 0 Å². The predicted molar refractivity (Wildman–Crippen MR) is 139 cm³/mol. The van der Waals surface area contributed by atoms with Gasteiger partial charge in [0.25, 0.3) is 11.8 Å². The number of nitrogens with one attached hydrogen (secondary N) is 2. The number of primary amides is 1. The van der Waals surface area contributed by atoms with Gasteiger partial charge < -0.3 is 30.4 Å². The number of nitrogens with zero attached hydrogens (tertiary/aromatic N) is 1. The third kappa shape index (κ3) is 5.24. The van der Waals surface area contributed by atoms with Crippen LogP contribution in [0.25, 0.3) is 10.9 Å². The Bertz CT molecular complexity index is 1410. The molecule has 184 valence electrons. The summed E-state index contributed by atoms with van der Waals surface area (Å²) in [7, 11) is 3.18. The Balaban J connectivity index is 1.75. The first-order chi connectivity index (χ1) is 17.4. The first-order valence-electron chi connectivity index (χ1n) is 11.6. The second-order valence-corrected chi connectivity index (χ2v) is 8.43. The number of nitrogens with two attached hydrogens (primary N) is 1. The van der Waals surface area contributed by atoms with Gasteiger partial charge in [-0.2, -0.15) is 0 Å². The number of methoxy groups -OCH3 is 2. The molecule has 4 N–H and O–H groups in total. The molecule has 0 radical (unpaired) electrons. The minimum absolute atomic E-state index is 0.0318. The van der Waals surface area contributed by atoms with Crippen LogP contribution in [-0.2, 0) is 4.79 Å². The number of aromatic amines is 1. The van der Waals surface area contributed by atoms with E-state index in [1.54, 1.807) is 39.5 Å². The van der Waals surface area contributed by atoms with Gasteiger partial charge in [0.05, 0.1) is 30.9 Å². The fourth-order valence-electron chi connectivity index (χ4n) is 4.47. The molecule has 1 aliphatic heterocycles. The van der Waals surface area contributed by atoms with Crippen LogP contribution >= 0.6 is 0 Å². The third-order valence-corrected chi connectivity index (χ3v) is 6.11. The highest BCUT2D eigenvalue weighted by atomic mass is 16.5. The molecule has 0 aliphatic carbocycles. The molecule has 0 saturated carbocycles. The first-order valence-corrected chi connectivity index (χ1v) is 11.6. The molecule has 1 atom stereocenters. The highest BCUT2D eigenvalue weighted by Crippen LogP contribution is 2.33. The van der Waals surface area contributed by atoms with E-state index >= 15 is 0 Å². The van der Waals surface area contributed by atoms with Crippen molar-refractivity contribution in [2.45, 2.75) is 25.8 Å². The summed E-state index contributed by atoms with van der Waals surface area (Å²) in [6, 6.07) is 9.04. The van der Waals surface area contributed by atoms with Gasteiger partial charge in [0.1, 0.15) is 11.5 Å². The van der Waals surface area contributed by atoms with Gasteiger partial charge in [-0.15, -0.1) is 0 Å². The summed E-state index contributed by atoms with van der Waals surface area (Å²) < 4.78 is 10.7. The van der Waals surface area contributed by atoms with E-state index in [-0.39, 0.29) is 11.9 Å². The molecule has 8 heteroatoms. The van der Waals surface area contributed by atoms with E-state index in [9.17, 15) is 9.59 Å². The van der Waals surface area contributed by atoms with Crippen LogP contribution in [0.2, 0.25) is 0 Å². The number of H-pyrrole nitrogens is 1. The summed E-state index contributed by atoms with van der Waals surface area (Å²) in [4.78, 5) is 29.5. The Kier molecular flexibility index (Phi) is 7.36. The van der Waals surface area contributed by atoms with E-state index < -0.39 is 5.91 Å². The topological polar surface area (TPSA) is 110 Å². The van der Waals surface area contributed by atoms with Gasteiger partial charge in [0, 0.05) is 48.0 Å². The summed E-state index contributed by atoms with van der Waals surface area (Å²) in [5.74, 6) is 12.1. The van der Waals surface area contributed by atoms with E-state index in [2.05, 4.69) is 38.9 Å². The Morgan fingerprint density at radius 2 is 1.89 bits per heavy atom. The number of anilines is 1. The molecule has 0 spiro atoms. The quantitative estimate of drug-likeness (QED) is 0.483. The standard InChI is InChI=1S/C28H28N4O4/c1-4-6-25(33)31-20-7-5-12-32(17-20)24-11-10-23(28(29)34)27-26(24)19(16-30-27)9-8-18-13-21(35-2)15-22(14-18)36-3/h10-11,13-16,20,30H,5,7,12,17H2,1-3H3,(H2,29,34)(H,31,33)/t20-/m1/s1. The molecule has 4 rings (SSSR count). The molecular weight excluding hydrogens is 456 g/mol. The van der Waals surface area contributed by atoms with E-state index in [1.807, 2.05) is 18.2 Å². The number of ether oxygens (including phenoxy) is 2. The van der Waals surface area contributed by atoms with Crippen LogP contribution in [0.4, 0.5) is 5.69 Å². The number of amides is 2. The van der Waals surface area contributed by atoms with Gasteiger partial charge in [0.15, 0.2) is 0 Å². The van der Waals surface area contributed by atoms with Crippen LogP contribution in [0.5, 0.6) is 11.5 Å². The van der Waals surface area contributed by atoms with Crippen molar-refractivity contribution in [3.05, 3.63) is 53.2 Å². The minimum atomic E-state index is -0.521. The van der Waals surface area contributed by atoms with Gasteiger partial charge in [-0.3, -0.25) is 9.59 Å². The molecule has 1 aromatic heterocycles. The van der Waals surface area contributed by atoms with Crippen molar-refractivity contribution in [2.24, 2.45) is 5.73 Å². The largest absolute Gasteiger partial charge is 0.497 e. The zero-order chi connectivity index (χ0) is 25.7. The smallest absolute Gasteiger partial charge is 0.296 e. The molecular formula is C28H28N4O4. The maximum atomic E-state index is 12.1. The first kappa shape index (κ1) is 24.6. The Labute approximate surface area is 210 Å². The summed E-state index contributed by atoms with van der Waals surface area (Å²) in [6.07, 6.45) is 3.55. The van der Waals surface area contributed by atoms with Crippen molar-refractivity contribution < 1.29 is 19.1 Å². The molecule has 8 nitrogen and oxygen atoms in total. The average molecular weight is 485 g/mol. The minimum Gasteiger partial charge on any atom is -0.497 e. The van der Waals surface area contributed by atoms with Crippen molar-refractivity contribution in [3.63, 3.8) is 0 Å². The van der Waals surface area contributed by atoms with Crippen LogP contribution < -0.4 is 25.4 Å². The number of hydrogen-bond acceptors (Lipinski definition) is 5. The van der Waals surface area contributed by atoms with Crippen molar-refractivity contribution in [3.8, 4) is 35.2 Å². The second kappa shape index (κ2) is 10.8. The van der Waals surface area contributed by atoms with Crippen molar-refractivity contribution in [1.29, 1.82) is 0 Å². The predicted octanol–water partition coefficient (Wildman–Crippen LogP) is 2.79. The fraction of sp³-hybridized carbons (Fsp3) is 0.286. The van der Waals surface area contributed by atoms with Crippen LogP contribution in [-0.4, -0.2) is 50.1 Å². The summed E-state index contributed by atoms with van der Waals surface area (Å²) in [5.41, 5.74) is 9.06. The molecule has 2 heterocycles. The normalized spacial score (nSPS) is 14.8. The lowest BCUT2D eigenvalue weighted by molar-refractivity contribution is -0.116. The van der Waals surface area contributed by atoms with E-state index in [1.165, 1.54) is 0 Å². The van der Waals surface area contributed by atoms with E-state index in [0.29, 0.717) is 29.1 Å². The highest BCUT2D eigenvalue weighted by Gasteiger charge is 2.24. The maximum Gasteiger partial charge on any atom is 0.296 e. The number of piperidine rings is 1. The SMILES string of the molecule is CC#CC(=O)N[C@@H]1CCCN(c2ccc(C(N)=O)c3[nH]cc(C#Cc4cc(OC)cc(OC)c4)c23)C1. The molecule has 1 fully saturated rings. The number of carbonyl (C=O) groups excluding carboxylic acids is 2. The lowest BCUT2D eigenvalue weighted by Gasteiger charge is -2.35. The number of fused-ring (bicyclic) bond motifs is 1. The zero-order valence-corrected chi connectivity index (χ0v) is 20.5. The number of carbonyl (C=O) groups is 2. The molecule has 1 aliphatic rings. The molecule has 0 unspecified atom stereocenters. The lowest BCUT2D eigenvalue weighted by Crippen LogP contribution is -2.47. The highest BCUT2D eigenvalue weighted by molar-refractivity contribution is 6.10. The van der Waals surface area contributed by atoms with E-state index in [4.69, 9.17) is 15.2 Å². The molecule has 3 aromatic rings. The number of aromatic nitrogens is 1. The van der Waals surface area contributed by atoms with Crippen LogP contribution in [0.3, 0.4) is 0 Å². The van der Waals surface area contributed by atoms with Crippen molar-refractivity contribution >= 4 is 28.4 Å². The monoisotopic (exact) mass is 484 g/mol. The fourth-order valence-corrected chi connectivity index (χ4v) is 4.47. The maximum absolute atomic E-state index is 12.1. The van der Waals surface area contributed by atoms with Crippen LogP contribution in [0.1, 0.15) is 41.3 Å². The number of benzene rings is 2. The number of rotatable bonds is 5. The summed E-state index contributed by atoms with van der Waals surface area (Å²) in [6.45, 7) is 3.06. The molecule has 2 aromatic carbocycles. The van der Waals surface area contributed by atoms with Crippen LogP contribution in [0.15, 0.2) is 36.5 Å². The van der Waals surface area contributed by atoms with Gasteiger partial charge in [-0.05, 0) is 50.0 Å². The van der Waals surface area contributed by atoms with Crippen molar-refractivity contribution in [1.82, 2.24) is 10.3 Å². The second-order valence-electron chi connectivity index (χ2n) is 8.43. The Morgan fingerprint density at radius 3 is 2.56 bits per heavy atom. The molecule has 2 amide bonds.